The van der Waals surface area contributed by atoms with Crippen LogP contribution < -0.4 is 11.4 Å². The van der Waals surface area contributed by atoms with E-state index in [9.17, 15) is 9.59 Å². The molecule has 2 heterocycles. The van der Waals surface area contributed by atoms with Gasteiger partial charge in [0.25, 0.3) is 0 Å². The number of fused-ring (bicyclic) bond motifs is 1. The van der Waals surface area contributed by atoms with Gasteiger partial charge in [0, 0.05) is 18.9 Å². The Morgan fingerprint density at radius 3 is 2.71 bits per heavy atom. The normalized spacial score (nSPS) is 11.2. The lowest BCUT2D eigenvalue weighted by Gasteiger charge is -2.03. The van der Waals surface area contributed by atoms with E-state index in [0.29, 0.717) is 18.8 Å². The molecule has 2 aromatic heterocycles. The van der Waals surface area contributed by atoms with E-state index in [4.69, 9.17) is 0 Å². The van der Waals surface area contributed by atoms with E-state index in [1.165, 1.54) is 9.08 Å². The molecule has 92 valence electrons. The van der Waals surface area contributed by atoms with Gasteiger partial charge in [-0.2, -0.15) is 10.1 Å². The summed E-state index contributed by atoms with van der Waals surface area (Å²) in [5.41, 5.74) is -0.912. The maximum Gasteiger partial charge on any atom is 0.355 e. The number of hydrogen-bond acceptors (Lipinski definition) is 4. The molecule has 0 N–H and O–H groups in total. The van der Waals surface area contributed by atoms with Gasteiger partial charge >= 0.3 is 11.4 Å². The third kappa shape index (κ3) is 1.92. The van der Waals surface area contributed by atoms with Gasteiger partial charge in [-0.3, -0.25) is 0 Å². The molecule has 0 atom stereocenters. The summed E-state index contributed by atoms with van der Waals surface area (Å²) in [5, 5.41) is 4.80. The first-order valence-corrected chi connectivity index (χ1v) is 6.27. The number of hydrogen-bond donors (Lipinski definition) is 0. The average Bonchev–Trinajstić information content (AvgIpc) is 2.54. The minimum Gasteiger partial charge on any atom is -0.247 e. The zero-order valence-corrected chi connectivity index (χ0v) is 11.1. The Morgan fingerprint density at radius 1 is 1.35 bits per heavy atom. The van der Waals surface area contributed by atoms with Crippen LogP contribution >= 0.6 is 15.9 Å². The van der Waals surface area contributed by atoms with E-state index in [1.54, 1.807) is 14.0 Å². The van der Waals surface area contributed by atoms with Crippen molar-refractivity contribution in [3.8, 4) is 0 Å². The molecule has 0 saturated carbocycles. The molecule has 0 amide bonds. The van der Waals surface area contributed by atoms with E-state index in [0.717, 1.165) is 9.90 Å². The highest BCUT2D eigenvalue weighted by molar-refractivity contribution is 9.09. The first-order valence-electron chi connectivity index (χ1n) is 5.15. The van der Waals surface area contributed by atoms with Crippen LogP contribution in [-0.4, -0.2) is 29.1 Å². The van der Waals surface area contributed by atoms with Gasteiger partial charge in [-0.1, -0.05) is 15.9 Å². The van der Waals surface area contributed by atoms with Crippen molar-refractivity contribution in [1.82, 2.24) is 23.7 Å². The molecule has 0 saturated heterocycles. The van der Waals surface area contributed by atoms with E-state index < -0.39 is 5.69 Å². The number of alkyl halides is 1. The van der Waals surface area contributed by atoms with Crippen LogP contribution in [0.3, 0.4) is 0 Å². The fourth-order valence-electron chi connectivity index (χ4n) is 1.70. The molecule has 0 aromatic carbocycles. The maximum absolute atomic E-state index is 12.1. The topological polar surface area (TPSA) is 74.2 Å². The summed E-state index contributed by atoms with van der Waals surface area (Å²) in [6.07, 6.45) is 0.697. The number of rotatable bonds is 3. The summed E-state index contributed by atoms with van der Waals surface area (Å²) in [6, 6.07) is 0. The van der Waals surface area contributed by atoms with Gasteiger partial charge in [0.1, 0.15) is 5.82 Å². The van der Waals surface area contributed by atoms with Crippen LogP contribution in [-0.2, 0) is 13.6 Å². The molecule has 2 aromatic rings. The van der Waals surface area contributed by atoms with Crippen molar-refractivity contribution in [3.05, 3.63) is 26.8 Å². The Bertz CT molecular complexity index is 668. The smallest absolute Gasteiger partial charge is 0.247 e. The van der Waals surface area contributed by atoms with Crippen molar-refractivity contribution in [2.24, 2.45) is 7.05 Å². The SMILES string of the molecule is Cc1nn(C)c2nc(=O)n(CCCBr)c(=O)n12. The lowest BCUT2D eigenvalue weighted by atomic mass is 10.5. The van der Waals surface area contributed by atoms with Crippen molar-refractivity contribution in [3.63, 3.8) is 0 Å². The number of aryl methyl sites for hydroxylation is 2. The number of halogens is 1. The predicted molar refractivity (Wildman–Crippen MR) is 65.6 cm³/mol. The average molecular weight is 302 g/mol. The Labute approximate surface area is 105 Å². The van der Waals surface area contributed by atoms with E-state index in [1.807, 2.05) is 0 Å². The van der Waals surface area contributed by atoms with Gasteiger partial charge in [-0.05, 0) is 13.3 Å². The molecule has 0 bridgehead atoms. The fourth-order valence-corrected chi connectivity index (χ4v) is 1.95. The van der Waals surface area contributed by atoms with Crippen molar-refractivity contribution in [2.75, 3.05) is 5.33 Å². The number of aromatic nitrogens is 5. The molecular formula is C9H12BrN5O2. The molecular weight excluding hydrogens is 290 g/mol. The fraction of sp³-hybridized carbons (Fsp3) is 0.556. The molecule has 0 aliphatic heterocycles. The highest BCUT2D eigenvalue weighted by Crippen LogP contribution is 1.96. The van der Waals surface area contributed by atoms with Gasteiger partial charge < -0.3 is 0 Å². The van der Waals surface area contributed by atoms with Crippen molar-refractivity contribution >= 4 is 21.7 Å². The Hall–Kier alpha value is -1.44. The standard InChI is InChI=1S/C9H12BrN5O2/c1-6-12-13(2)7-11-8(16)14(5-3-4-10)9(17)15(6)7/h3-5H2,1-2H3. The largest absolute Gasteiger partial charge is 0.355 e. The summed E-state index contributed by atoms with van der Waals surface area (Å²) < 4.78 is 3.89. The molecule has 2 rings (SSSR count). The minimum absolute atomic E-state index is 0.271. The zero-order valence-electron chi connectivity index (χ0n) is 9.55. The van der Waals surface area contributed by atoms with E-state index in [-0.39, 0.29) is 11.5 Å². The first-order chi connectivity index (χ1) is 8.06. The lowest BCUT2D eigenvalue weighted by Crippen LogP contribution is -2.39. The predicted octanol–water partition coefficient (Wildman–Crippen LogP) is -0.317. The van der Waals surface area contributed by atoms with Crippen LogP contribution in [0.4, 0.5) is 0 Å². The monoisotopic (exact) mass is 301 g/mol. The van der Waals surface area contributed by atoms with Crippen LogP contribution in [0.2, 0.25) is 0 Å². The first kappa shape index (κ1) is 12.0. The molecule has 17 heavy (non-hydrogen) atoms. The number of nitrogens with zero attached hydrogens (tertiary/aromatic N) is 5. The quantitative estimate of drug-likeness (QED) is 0.729. The molecule has 7 nitrogen and oxygen atoms in total. The van der Waals surface area contributed by atoms with Gasteiger partial charge in [-0.25, -0.2) is 23.2 Å². The second kappa shape index (κ2) is 4.44. The summed E-state index contributed by atoms with van der Waals surface area (Å²) >= 11 is 3.26. The summed E-state index contributed by atoms with van der Waals surface area (Å²) in [5.74, 6) is 0.792. The molecule has 0 spiro atoms. The molecule has 0 radical (unpaired) electrons. The van der Waals surface area contributed by atoms with E-state index >= 15 is 0 Å². The molecule has 0 aliphatic carbocycles. The van der Waals surface area contributed by atoms with Gasteiger partial charge in [0.2, 0.25) is 5.78 Å². The van der Waals surface area contributed by atoms with Crippen molar-refractivity contribution < 1.29 is 0 Å². The van der Waals surface area contributed by atoms with Gasteiger partial charge in [0.15, 0.2) is 0 Å². The van der Waals surface area contributed by atoms with Gasteiger partial charge in [0.05, 0.1) is 0 Å². The molecule has 0 unspecified atom stereocenters. The van der Waals surface area contributed by atoms with Gasteiger partial charge in [-0.15, -0.1) is 0 Å². The molecule has 8 heteroatoms. The highest BCUT2D eigenvalue weighted by Gasteiger charge is 2.12. The van der Waals surface area contributed by atoms with Crippen LogP contribution in [0.25, 0.3) is 5.78 Å². The lowest BCUT2D eigenvalue weighted by molar-refractivity contribution is 0.588. The van der Waals surface area contributed by atoms with E-state index in [2.05, 4.69) is 26.0 Å². The van der Waals surface area contributed by atoms with Crippen molar-refractivity contribution in [2.45, 2.75) is 19.9 Å². The zero-order chi connectivity index (χ0) is 12.6. The van der Waals surface area contributed by atoms with Crippen LogP contribution in [0.15, 0.2) is 9.59 Å². The Balaban J connectivity index is 2.75. The van der Waals surface area contributed by atoms with Crippen LogP contribution in [0, 0.1) is 6.92 Å². The Morgan fingerprint density at radius 2 is 2.06 bits per heavy atom. The van der Waals surface area contributed by atoms with Crippen LogP contribution in [0.5, 0.6) is 0 Å². The Kier molecular flexibility index (Phi) is 3.14. The second-order valence-corrected chi connectivity index (χ2v) is 4.47. The maximum atomic E-state index is 12.1. The third-order valence-corrected chi connectivity index (χ3v) is 3.03. The molecule has 0 aliphatic rings. The van der Waals surface area contributed by atoms with Crippen molar-refractivity contribution in [1.29, 1.82) is 0 Å². The highest BCUT2D eigenvalue weighted by atomic mass is 79.9. The summed E-state index contributed by atoms with van der Waals surface area (Å²) in [7, 11) is 1.65. The summed E-state index contributed by atoms with van der Waals surface area (Å²) in [4.78, 5) is 27.7. The molecule has 0 fully saturated rings. The minimum atomic E-state index is -0.529. The van der Waals surface area contributed by atoms with Crippen LogP contribution in [0.1, 0.15) is 12.2 Å². The third-order valence-electron chi connectivity index (χ3n) is 2.47. The second-order valence-electron chi connectivity index (χ2n) is 3.68. The summed E-state index contributed by atoms with van der Waals surface area (Å²) in [6.45, 7) is 2.06.